The van der Waals surface area contributed by atoms with Crippen LogP contribution in [0.3, 0.4) is 0 Å². The Morgan fingerprint density at radius 2 is 1.77 bits per heavy atom. The second-order valence-electron chi connectivity index (χ2n) is 6.91. The third-order valence-electron chi connectivity index (χ3n) is 3.78. The van der Waals surface area contributed by atoms with Gasteiger partial charge < -0.3 is 9.84 Å². The molecular weight excluding hydrogens is 280 g/mol. The van der Waals surface area contributed by atoms with Gasteiger partial charge in [0, 0.05) is 18.8 Å². The molecule has 1 N–H and O–H groups in total. The van der Waals surface area contributed by atoms with Gasteiger partial charge in [-0.1, -0.05) is 38.2 Å². The zero-order valence-electron chi connectivity index (χ0n) is 14.7. The summed E-state index contributed by atoms with van der Waals surface area (Å²) in [7, 11) is 0. The Morgan fingerprint density at radius 3 is 2.27 bits per heavy atom. The number of allylic oxidation sites excluding steroid dienone is 3. The van der Waals surface area contributed by atoms with Crippen LogP contribution in [0.5, 0.6) is 0 Å². The second-order valence-corrected chi connectivity index (χ2v) is 6.91. The Hall–Kier alpha value is -1.42. The van der Waals surface area contributed by atoms with Crippen LogP contribution in [0.1, 0.15) is 54.4 Å². The fourth-order valence-corrected chi connectivity index (χ4v) is 1.53. The summed E-state index contributed by atoms with van der Waals surface area (Å²) in [6, 6.07) is 0. The molecule has 0 heterocycles. The number of aliphatic hydroxyl groups is 1. The Morgan fingerprint density at radius 1 is 1.18 bits per heavy atom. The maximum Gasteiger partial charge on any atom is 0.302 e. The monoisotopic (exact) mass is 310 g/mol. The first-order valence-electron chi connectivity index (χ1n) is 7.68. The van der Waals surface area contributed by atoms with E-state index in [1.807, 2.05) is 38.2 Å². The van der Waals surface area contributed by atoms with E-state index in [0.717, 1.165) is 0 Å². The molecule has 0 aliphatic carbocycles. The lowest BCUT2D eigenvalue weighted by atomic mass is 9.86. The largest absolute Gasteiger partial charge is 0.465 e. The SMILES string of the molecule is CC(=O)OCC(C)(C)C(=O)CCC=CC=CC(C)(C)C(C)O. The molecule has 0 amide bonds. The molecule has 0 spiro atoms. The maximum absolute atomic E-state index is 12.1. The number of carbonyl (C=O) groups is 2. The van der Waals surface area contributed by atoms with E-state index in [1.165, 1.54) is 6.92 Å². The average molecular weight is 310 g/mol. The molecule has 0 saturated carbocycles. The summed E-state index contributed by atoms with van der Waals surface area (Å²) in [6.45, 7) is 10.7. The number of hydrogen-bond acceptors (Lipinski definition) is 4. The first-order chi connectivity index (χ1) is 9.99. The van der Waals surface area contributed by atoms with Crippen LogP contribution in [0.4, 0.5) is 0 Å². The van der Waals surface area contributed by atoms with Gasteiger partial charge in [0.2, 0.25) is 0 Å². The molecule has 0 radical (unpaired) electrons. The van der Waals surface area contributed by atoms with Crippen LogP contribution >= 0.6 is 0 Å². The Kier molecular flexibility index (Phi) is 8.31. The average Bonchev–Trinajstić information content (AvgIpc) is 2.39. The van der Waals surface area contributed by atoms with E-state index in [9.17, 15) is 14.7 Å². The van der Waals surface area contributed by atoms with Gasteiger partial charge in [-0.15, -0.1) is 0 Å². The zero-order chi connectivity index (χ0) is 17.4. The molecule has 0 aromatic carbocycles. The number of hydrogen-bond donors (Lipinski definition) is 1. The summed E-state index contributed by atoms with van der Waals surface area (Å²) in [6.07, 6.45) is 8.29. The molecule has 0 fully saturated rings. The van der Waals surface area contributed by atoms with Crippen molar-refractivity contribution in [2.24, 2.45) is 10.8 Å². The van der Waals surface area contributed by atoms with Gasteiger partial charge in [0.05, 0.1) is 11.5 Å². The highest BCUT2D eigenvalue weighted by Gasteiger charge is 2.27. The first kappa shape index (κ1) is 20.6. The molecule has 0 aromatic heterocycles. The summed E-state index contributed by atoms with van der Waals surface area (Å²) in [5.74, 6) is -0.293. The predicted octanol–water partition coefficient (Wildman–Crippen LogP) is 3.44. The molecule has 126 valence electrons. The van der Waals surface area contributed by atoms with Crippen molar-refractivity contribution in [3.05, 3.63) is 24.3 Å². The number of esters is 1. The standard InChI is InChI=1S/C18H30O4/c1-14(19)17(3,4)12-10-8-7-9-11-16(21)18(5,6)13-22-15(2)20/h7-8,10,12,14,19H,9,11,13H2,1-6H3. The van der Waals surface area contributed by atoms with Gasteiger partial charge in [-0.3, -0.25) is 9.59 Å². The highest BCUT2D eigenvalue weighted by atomic mass is 16.5. The van der Waals surface area contributed by atoms with Crippen molar-refractivity contribution in [1.29, 1.82) is 0 Å². The molecule has 4 heteroatoms. The van der Waals surface area contributed by atoms with E-state index in [-0.39, 0.29) is 23.8 Å². The number of carbonyl (C=O) groups excluding carboxylic acids is 2. The molecule has 1 unspecified atom stereocenters. The maximum atomic E-state index is 12.1. The van der Waals surface area contributed by atoms with Gasteiger partial charge in [0.15, 0.2) is 0 Å². The molecule has 0 bridgehead atoms. The Bertz CT molecular complexity index is 428. The van der Waals surface area contributed by atoms with Gasteiger partial charge in [-0.2, -0.15) is 0 Å². The van der Waals surface area contributed by atoms with Gasteiger partial charge >= 0.3 is 5.97 Å². The highest BCUT2D eigenvalue weighted by Crippen LogP contribution is 2.22. The fourth-order valence-electron chi connectivity index (χ4n) is 1.53. The van der Waals surface area contributed by atoms with Crippen molar-refractivity contribution < 1.29 is 19.4 Å². The predicted molar refractivity (Wildman–Crippen MR) is 88.4 cm³/mol. The van der Waals surface area contributed by atoms with Crippen LogP contribution in [0, 0.1) is 10.8 Å². The Labute approximate surface area is 134 Å². The number of aliphatic hydroxyl groups excluding tert-OH is 1. The minimum atomic E-state index is -0.649. The normalized spacial score (nSPS) is 14.5. The molecule has 0 rings (SSSR count). The van der Waals surface area contributed by atoms with Crippen molar-refractivity contribution in [3.8, 4) is 0 Å². The fraction of sp³-hybridized carbons (Fsp3) is 0.667. The lowest BCUT2D eigenvalue weighted by Gasteiger charge is -2.23. The topological polar surface area (TPSA) is 63.6 Å². The van der Waals surface area contributed by atoms with E-state index >= 15 is 0 Å². The summed E-state index contributed by atoms with van der Waals surface area (Å²) >= 11 is 0. The van der Waals surface area contributed by atoms with Crippen LogP contribution in [0.15, 0.2) is 24.3 Å². The first-order valence-corrected chi connectivity index (χ1v) is 7.68. The van der Waals surface area contributed by atoms with Gasteiger partial charge in [-0.05, 0) is 27.2 Å². The van der Waals surface area contributed by atoms with Crippen LogP contribution < -0.4 is 0 Å². The number of rotatable bonds is 9. The van der Waals surface area contributed by atoms with Gasteiger partial charge in [0.25, 0.3) is 0 Å². The third kappa shape index (κ3) is 8.13. The van der Waals surface area contributed by atoms with Gasteiger partial charge in [0.1, 0.15) is 12.4 Å². The van der Waals surface area contributed by atoms with Crippen LogP contribution in [0.2, 0.25) is 0 Å². The van der Waals surface area contributed by atoms with Crippen LogP contribution in [-0.2, 0) is 14.3 Å². The molecule has 0 aliphatic heterocycles. The van der Waals surface area contributed by atoms with E-state index in [2.05, 4.69) is 0 Å². The lowest BCUT2D eigenvalue weighted by Crippen LogP contribution is -2.30. The van der Waals surface area contributed by atoms with Crippen molar-refractivity contribution >= 4 is 11.8 Å². The van der Waals surface area contributed by atoms with Gasteiger partial charge in [-0.25, -0.2) is 0 Å². The number of Topliss-reactive ketones (excluding diaryl/α,β-unsaturated/α-hetero) is 1. The molecule has 0 aromatic rings. The number of ketones is 1. The lowest BCUT2D eigenvalue weighted by molar-refractivity contribution is -0.146. The van der Waals surface area contributed by atoms with Crippen molar-refractivity contribution in [2.75, 3.05) is 6.61 Å². The van der Waals surface area contributed by atoms with Crippen LogP contribution in [-0.4, -0.2) is 29.6 Å². The van der Waals surface area contributed by atoms with E-state index in [0.29, 0.717) is 12.8 Å². The highest BCUT2D eigenvalue weighted by molar-refractivity contribution is 5.84. The number of ether oxygens (including phenoxy) is 1. The minimum absolute atomic E-state index is 0.0756. The van der Waals surface area contributed by atoms with Crippen molar-refractivity contribution in [3.63, 3.8) is 0 Å². The molecule has 0 saturated heterocycles. The third-order valence-corrected chi connectivity index (χ3v) is 3.78. The zero-order valence-corrected chi connectivity index (χ0v) is 14.7. The summed E-state index contributed by atoms with van der Waals surface area (Å²) in [5, 5.41) is 9.58. The van der Waals surface area contributed by atoms with E-state index < -0.39 is 11.5 Å². The van der Waals surface area contributed by atoms with E-state index in [4.69, 9.17) is 4.74 Å². The smallest absolute Gasteiger partial charge is 0.302 e. The minimum Gasteiger partial charge on any atom is -0.465 e. The van der Waals surface area contributed by atoms with E-state index in [1.54, 1.807) is 20.8 Å². The molecule has 22 heavy (non-hydrogen) atoms. The summed E-state index contributed by atoms with van der Waals surface area (Å²) in [4.78, 5) is 22.9. The van der Waals surface area contributed by atoms with Crippen LogP contribution in [0.25, 0.3) is 0 Å². The summed E-state index contributed by atoms with van der Waals surface area (Å²) in [5.41, 5.74) is -0.921. The molecule has 4 nitrogen and oxygen atoms in total. The van der Waals surface area contributed by atoms with Crippen molar-refractivity contribution in [2.45, 2.75) is 60.5 Å². The van der Waals surface area contributed by atoms with Crippen molar-refractivity contribution in [1.82, 2.24) is 0 Å². The second kappa shape index (κ2) is 8.89. The molecule has 1 atom stereocenters. The molecule has 0 aliphatic rings. The summed E-state index contributed by atoms with van der Waals surface area (Å²) < 4.78 is 4.92. The Balaban J connectivity index is 4.24. The quantitative estimate of drug-likeness (QED) is 0.523. The molecular formula is C18H30O4.